The van der Waals surface area contributed by atoms with E-state index in [1.54, 1.807) is 24.3 Å². The number of aromatic hydroxyl groups is 1. The molecule has 0 aliphatic heterocycles. The van der Waals surface area contributed by atoms with E-state index in [1.807, 2.05) is 0 Å². The summed E-state index contributed by atoms with van der Waals surface area (Å²) in [4.78, 5) is 22.0. The number of rotatable bonds is 6. The molecule has 0 aromatic heterocycles. The summed E-state index contributed by atoms with van der Waals surface area (Å²) >= 11 is 0. The first-order valence-corrected chi connectivity index (χ1v) is 5.59. The number of hydrogen-bond acceptors (Lipinski definition) is 4. The van der Waals surface area contributed by atoms with Crippen molar-refractivity contribution >= 4 is 11.8 Å². The molecular weight excluding hydrogens is 234 g/mol. The fourth-order valence-corrected chi connectivity index (χ4v) is 1.48. The van der Waals surface area contributed by atoms with Crippen molar-refractivity contribution in [2.24, 2.45) is 11.5 Å². The summed E-state index contributed by atoms with van der Waals surface area (Å²) < 4.78 is 0. The summed E-state index contributed by atoms with van der Waals surface area (Å²) in [5.74, 6) is -0.851. The third-order valence-electron chi connectivity index (χ3n) is 2.44. The van der Waals surface area contributed by atoms with Crippen molar-refractivity contribution in [1.82, 2.24) is 5.32 Å². The fraction of sp³-hybridized carbons (Fsp3) is 0.333. The molecule has 1 atom stereocenters. The van der Waals surface area contributed by atoms with E-state index in [9.17, 15) is 14.7 Å². The molecule has 18 heavy (non-hydrogen) atoms. The van der Waals surface area contributed by atoms with Crippen molar-refractivity contribution in [3.63, 3.8) is 0 Å². The van der Waals surface area contributed by atoms with Gasteiger partial charge in [0.1, 0.15) is 5.75 Å². The molecule has 98 valence electrons. The van der Waals surface area contributed by atoms with Crippen LogP contribution in [0.1, 0.15) is 12.0 Å². The number of phenolic OH excluding ortho intramolecular Hbond substituents is 1. The number of para-hydroxylation sites is 1. The molecule has 2 amide bonds. The van der Waals surface area contributed by atoms with E-state index < -0.39 is 17.9 Å². The second kappa shape index (κ2) is 6.61. The number of phenols is 1. The number of nitrogens with one attached hydrogen (secondary N) is 1. The van der Waals surface area contributed by atoms with Gasteiger partial charge in [-0.1, -0.05) is 18.2 Å². The van der Waals surface area contributed by atoms with Crippen molar-refractivity contribution in [1.29, 1.82) is 0 Å². The highest BCUT2D eigenvalue weighted by molar-refractivity contribution is 5.87. The van der Waals surface area contributed by atoms with Gasteiger partial charge in [-0.2, -0.15) is 0 Å². The van der Waals surface area contributed by atoms with Gasteiger partial charge >= 0.3 is 0 Å². The number of carbonyl (C=O) groups is 2. The normalized spacial score (nSPS) is 11.8. The molecule has 0 saturated heterocycles. The van der Waals surface area contributed by atoms with Crippen LogP contribution >= 0.6 is 0 Å². The number of hydrogen-bond donors (Lipinski definition) is 4. The van der Waals surface area contributed by atoms with Crippen LogP contribution < -0.4 is 16.8 Å². The average molecular weight is 251 g/mol. The van der Waals surface area contributed by atoms with Crippen LogP contribution in [0.3, 0.4) is 0 Å². The predicted octanol–water partition coefficient (Wildman–Crippen LogP) is -0.746. The van der Waals surface area contributed by atoms with Gasteiger partial charge in [-0.05, 0) is 18.1 Å². The van der Waals surface area contributed by atoms with Crippen molar-refractivity contribution in [2.75, 3.05) is 6.54 Å². The molecular formula is C12H17N3O3. The summed E-state index contributed by atoms with van der Waals surface area (Å²) in [6.45, 7) is 0.336. The molecule has 0 saturated carbocycles. The van der Waals surface area contributed by atoms with Gasteiger partial charge in [-0.3, -0.25) is 9.59 Å². The minimum absolute atomic E-state index is 0.178. The minimum Gasteiger partial charge on any atom is -0.508 e. The highest BCUT2D eigenvalue weighted by atomic mass is 16.3. The Morgan fingerprint density at radius 2 is 2.00 bits per heavy atom. The van der Waals surface area contributed by atoms with Crippen LogP contribution in [0.4, 0.5) is 0 Å². The molecule has 0 aliphatic rings. The maximum absolute atomic E-state index is 11.4. The van der Waals surface area contributed by atoms with Gasteiger partial charge in [0.05, 0.1) is 12.5 Å². The summed E-state index contributed by atoms with van der Waals surface area (Å²) in [6.07, 6.45) is 0.310. The Labute approximate surface area is 105 Å². The summed E-state index contributed by atoms with van der Waals surface area (Å²) in [5, 5.41) is 12.1. The number of benzene rings is 1. The molecule has 6 heteroatoms. The zero-order chi connectivity index (χ0) is 13.5. The maximum atomic E-state index is 11.4. The van der Waals surface area contributed by atoms with E-state index in [-0.39, 0.29) is 12.2 Å². The predicted molar refractivity (Wildman–Crippen MR) is 66.6 cm³/mol. The highest BCUT2D eigenvalue weighted by Gasteiger charge is 2.15. The van der Waals surface area contributed by atoms with Gasteiger partial charge in [0.2, 0.25) is 11.8 Å². The molecule has 0 bridgehead atoms. The van der Waals surface area contributed by atoms with Gasteiger partial charge < -0.3 is 21.9 Å². The molecule has 0 unspecified atom stereocenters. The smallest absolute Gasteiger partial charge is 0.237 e. The minimum atomic E-state index is -0.924. The van der Waals surface area contributed by atoms with Crippen LogP contribution in [-0.4, -0.2) is 29.5 Å². The van der Waals surface area contributed by atoms with Crippen molar-refractivity contribution in [3.05, 3.63) is 29.8 Å². The zero-order valence-electron chi connectivity index (χ0n) is 9.93. The standard InChI is InChI=1S/C12H17N3O3/c13-9(7-11(14)17)12(18)15-6-5-8-3-1-2-4-10(8)16/h1-4,9,16H,5-7,13H2,(H2,14,17)(H,15,18)/t9-/m1/s1. The maximum Gasteiger partial charge on any atom is 0.237 e. The lowest BCUT2D eigenvalue weighted by Gasteiger charge is -2.10. The van der Waals surface area contributed by atoms with E-state index >= 15 is 0 Å². The lowest BCUT2D eigenvalue weighted by molar-refractivity contribution is -0.126. The quantitative estimate of drug-likeness (QED) is 0.532. The first-order valence-electron chi connectivity index (χ1n) is 5.59. The largest absolute Gasteiger partial charge is 0.508 e. The van der Waals surface area contributed by atoms with Crippen molar-refractivity contribution in [2.45, 2.75) is 18.9 Å². The molecule has 0 fully saturated rings. The van der Waals surface area contributed by atoms with E-state index in [2.05, 4.69) is 5.32 Å². The molecule has 6 nitrogen and oxygen atoms in total. The SMILES string of the molecule is NC(=O)C[C@@H](N)C(=O)NCCc1ccccc1O. The Balaban J connectivity index is 2.36. The molecule has 1 rings (SSSR count). The van der Waals surface area contributed by atoms with E-state index in [0.29, 0.717) is 13.0 Å². The van der Waals surface area contributed by atoms with Crippen LogP contribution in [-0.2, 0) is 16.0 Å². The van der Waals surface area contributed by atoms with Gasteiger partial charge in [0.15, 0.2) is 0 Å². The summed E-state index contributed by atoms with van der Waals surface area (Å²) in [7, 11) is 0. The van der Waals surface area contributed by atoms with Crippen LogP contribution in [0.2, 0.25) is 0 Å². The molecule has 0 radical (unpaired) electrons. The fourth-order valence-electron chi connectivity index (χ4n) is 1.48. The Bertz CT molecular complexity index is 434. The lowest BCUT2D eigenvalue weighted by Crippen LogP contribution is -2.43. The number of nitrogens with two attached hydrogens (primary N) is 2. The van der Waals surface area contributed by atoms with Crippen LogP contribution in [0.15, 0.2) is 24.3 Å². The molecule has 6 N–H and O–H groups in total. The van der Waals surface area contributed by atoms with Crippen LogP contribution in [0, 0.1) is 0 Å². The first-order chi connectivity index (χ1) is 8.50. The Morgan fingerprint density at radius 3 is 2.61 bits per heavy atom. The molecule has 1 aromatic rings. The summed E-state index contributed by atoms with van der Waals surface area (Å²) in [6, 6.07) is 5.95. The zero-order valence-corrected chi connectivity index (χ0v) is 9.93. The highest BCUT2D eigenvalue weighted by Crippen LogP contribution is 2.15. The number of carbonyl (C=O) groups excluding carboxylic acids is 2. The topological polar surface area (TPSA) is 118 Å². The van der Waals surface area contributed by atoms with Crippen LogP contribution in [0.5, 0.6) is 5.75 Å². The second-order valence-electron chi connectivity index (χ2n) is 3.95. The molecule has 1 aromatic carbocycles. The Kier molecular flexibility index (Phi) is 5.13. The number of amides is 2. The van der Waals surface area contributed by atoms with Gasteiger partial charge in [-0.15, -0.1) is 0 Å². The third-order valence-corrected chi connectivity index (χ3v) is 2.44. The third kappa shape index (κ3) is 4.42. The summed E-state index contributed by atoms with van der Waals surface area (Å²) in [5.41, 5.74) is 11.1. The van der Waals surface area contributed by atoms with Crippen molar-refractivity contribution in [3.8, 4) is 5.75 Å². The van der Waals surface area contributed by atoms with Gasteiger partial charge in [0.25, 0.3) is 0 Å². The first kappa shape index (κ1) is 14.0. The van der Waals surface area contributed by atoms with Crippen molar-refractivity contribution < 1.29 is 14.7 Å². The van der Waals surface area contributed by atoms with E-state index in [1.165, 1.54) is 0 Å². The Morgan fingerprint density at radius 1 is 1.33 bits per heavy atom. The second-order valence-corrected chi connectivity index (χ2v) is 3.95. The average Bonchev–Trinajstić information content (AvgIpc) is 2.30. The monoisotopic (exact) mass is 251 g/mol. The van der Waals surface area contributed by atoms with Crippen LogP contribution in [0.25, 0.3) is 0 Å². The van der Waals surface area contributed by atoms with Gasteiger partial charge in [-0.25, -0.2) is 0 Å². The number of primary amides is 1. The Hall–Kier alpha value is -2.08. The molecule has 0 spiro atoms. The molecule has 0 heterocycles. The lowest BCUT2D eigenvalue weighted by atomic mass is 10.1. The van der Waals surface area contributed by atoms with Gasteiger partial charge in [0, 0.05) is 6.54 Å². The molecule has 0 aliphatic carbocycles. The van der Waals surface area contributed by atoms with E-state index in [4.69, 9.17) is 11.5 Å². The van der Waals surface area contributed by atoms with E-state index in [0.717, 1.165) is 5.56 Å².